The second kappa shape index (κ2) is 5.75. The number of rotatable bonds is 2. The summed E-state index contributed by atoms with van der Waals surface area (Å²) in [7, 11) is 0. The molecule has 2 aromatic heterocycles. The molecule has 21 heavy (non-hydrogen) atoms. The van der Waals surface area contributed by atoms with E-state index in [0.29, 0.717) is 35.1 Å². The molecule has 2 heterocycles. The van der Waals surface area contributed by atoms with Gasteiger partial charge in [-0.2, -0.15) is 0 Å². The Kier molecular flexibility index (Phi) is 3.65. The summed E-state index contributed by atoms with van der Waals surface area (Å²) < 4.78 is 0. The van der Waals surface area contributed by atoms with Gasteiger partial charge < -0.3 is 5.32 Å². The van der Waals surface area contributed by atoms with E-state index in [2.05, 4.69) is 37.4 Å². The van der Waals surface area contributed by atoms with Crippen LogP contribution in [0.3, 0.4) is 0 Å². The molecule has 0 aliphatic heterocycles. The molecule has 0 aromatic carbocycles. The van der Waals surface area contributed by atoms with E-state index < -0.39 is 0 Å². The van der Waals surface area contributed by atoms with E-state index in [-0.39, 0.29) is 6.03 Å². The lowest BCUT2D eigenvalue weighted by Gasteiger charge is -2.05. The number of carbonyl (C=O) groups excluding carboxylic acids is 1. The van der Waals surface area contributed by atoms with Crippen molar-refractivity contribution >= 4 is 23.0 Å². The lowest BCUT2D eigenvalue weighted by Crippen LogP contribution is -2.28. The average Bonchev–Trinajstić information content (AvgIpc) is 3.29. The Bertz CT molecular complexity index is 743. The Morgan fingerprint density at radius 3 is 3.00 bits per heavy atom. The average molecular weight is 281 g/mol. The van der Waals surface area contributed by atoms with Crippen molar-refractivity contribution in [3.8, 4) is 11.8 Å². The van der Waals surface area contributed by atoms with E-state index in [1.54, 1.807) is 18.3 Å². The number of hydrogen-bond acceptors (Lipinski definition) is 4. The van der Waals surface area contributed by atoms with Crippen LogP contribution in [0.1, 0.15) is 25.5 Å². The maximum atomic E-state index is 11.5. The molecule has 0 atom stereocenters. The third-order valence-corrected chi connectivity index (χ3v) is 2.97. The van der Waals surface area contributed by atoms with Crippen LogP contribution in [0.15, 0.2) is 18.3 Å². The minimum Gasteiger partial charge on any atom is -0.338 e. The molecule has 1 aliphatic rings. The van der Waals surface area contributed by atoms with E-state index in [0.717, 1.165) is 0 Å². The smallest absolute Gasteiger partial charge is 0.320 e. The highest BCUT2D eigenvalue weighted by molar-refractivity contribution is 5.89. The largest absolute Gasteiger partial charge is 0.338 e. The number of carbonyl (C=O) groups is 1. The van der Waals surface area contributed by atoms with Crippen LogP contribution in [0.2, 0.25) is 0 Å². The number of aromatic nitrogens is 3. The van der Waals surface area contributed by atoms with Crippen LogP contribution in [0, 0.1) is 17.8 Å². The number of amides is 2. The summed E-state index contributed by atoms with van der Waals surface area (Å²) in [4.78, 5) is 24.4. The maximum Gasteiger partial charge on any atom is 0.320 e. The van der Waals surface area contributed by atoms with Gasteiger partial charge in [0, 0.05) is 12.5 Å². The monoisotopic (exact) mass is 281 g/mol. The van der Waals surface area contributed by atoms with Gasteiger partial charge in [-0.25, -0.2) is 19.7 Å². The first kappa shape index (κ1) is 13.3. The zero-order chi connectivity index (χ0) is 14.7. The number of nitrogens with zero attached hydrogens (tertiary/aromatic N) is 3. The zero-order valence-corrected chi connectivity index (χ0v) is 11.7. The van der Waals surface area contributed by atoms with Gasteiger partial charge in [0.1, 0.15) is 17.0 Å². The van der Waals surface area contributed by atoms with Crippen LogP contribution < -0.4 is 10.6 Å². The van der Waals surface area contributed by atoms with Crippen molar-refractivity contribution in [2.75, 3.05) is 11.9 Å². The van der Waals surface area contributed by atoms with Crippen molar-refractivity contribution in [3.63, 3.8) is 0 Å². The van der Waals surface area contributed by atoms with Crippen LogP contribution in [0.4, 0.5) is 10.6 Å². The van der Waals surface area contributed by atoms with Crippen molar-refractivity contribution in [2.45, 2.75) is 19.8 Å². The molecule has 2 N–H and O–H groups in total. The summed E-state index contributed by atoms with van der Waals surface area (Å²) >= 11 is 0. The Hall–Kier alpha value is -2.68. The van der Waals surface area contributed by atoms with Gasteiger partial charge in [0.25, 0.3) is 0 Å². The predicted octanol–water partition coefficient (Wildman–Crippen LogP) is 1.93. The molecule has 1 aliphatic carbocycles. The van der Waals surface area contributed by atoms with E-state index in [9.17, 15) is 4.79 Å². The van der Waals surface area contributed by atoms with Gasteiger partial charge >= 0.3 is 6.03 Å². The molecule has 6 nitrogen and oxygen atoms in total. The molecule has 0 unspecified atom stereocenters. The molecule has 6 heteroatoms. The number of fused-ring (bicyclic) bond motifs is 1. The van der Waals surface area contributed by atoms with Crippen LogP contribution in [0.5, 0.6) is 0 Å². The van der Waals surface area contributed by atoms with E-state index >= 15 is 0 Å². The first-order valence-electron chi connectivity index (χ1n) is 6.95. The molecule has 1 fully saturated rings. The Balaban J connectivity index is 1.84. The van der Waals surface area contributed by atoms with E-state index in [4.69, 9.17) is 0 Å². The summed E-state index contributed by atoms with van der Waals surface area (Å²) in [5.74, 6) is 7.11. The Labute approximate surface area is 122 Å². The molecule has 0 radical (unpaired) electrons. The van der Waals surface area contributed by atoms with Gasteiger partial charge in [-0.15, -0.1) is 0 Å². The van der Waals surface area contributed by atoms with Crippen molar-refractivity contribution in [1.82, 2.24) is 20.3 Å². The van der Waals surface area contributed by atoms with E-state index in [1.807, 2.05) is 6.92 Å². The summed E-state index contributed by atoms with van der Waals surface area (Å²) in [5, 5.41) is 5.29. The number of urea groups is 1. The highest BCUT2D eigenvalue weighted by atomic mass is 16.2. The number of hydrogen-bond donors (Lipinski definition) is 2. The van der Waals surface area contributed by atoms with E-state index in [1.165, 1.54) is 12.8 Å². The fraction of sp³-hybridized carbons (Fsp3) is 0.333. The van der Waals surface area contributed by atoms with Crippen molar-refractivity contribution in [1.29, 1.82) is 0 Å². The minimum absolute atomic E-state index is 0.290. The normalized spacial score (nSPS) is 13.4. The summed E-state index contributed by atoms with van der Waals surface area (Å²) in [6.45, 7) is 2.41. The topological polar surface area (TPSA) is 79.8 Å². The van der Waals surface area contributed by atoms with Crippen LogP contribution >= 0.6 is 0 Å². The number of anilines is 1. The molecular weight excluding hydrogens is 266 g/mol. The minimum atomic E-state index is -0.290. The Morgan fingerprint density at radius 2 is 2.24 bits per heavy atom. The molecule has 106 valence electrons. The summed E-state index contributed by atoms with van der Waals surface area (Å²) in [6, 6.07) is 3.18. The predicted molar refractivity (Wildman–Crippen MR) is 79.6 cm³/mol. The second-order valence-corrected chi connectivity index (χ2v) is 4.82. The van der Waals surface area contributed by atoms with Gasteiger partial charge in [0.15, 0.2) is 5.65 Å². The third kappa shape index (κ3) is 3.45. The van der Waals surface area contributed by atoms with Gasteiger partial charge in [-0.05, 0) is 37.8 Å². The van der Waals surface area contributed by atoms with Crippen molar-refractivity contribution in [3.05, 3.63) is 24.0 Å². The highest BCUT2D eigenvalue weighted by Crippen LogP contribution is 2.27. The van der Waals surface area contributed by atoms with Crippen molar-refractivity contribution < 1.29 is 4.79 Å². The van der Waals surface area contributed by atoms with Crippen LogP contribution in [-0.2, 0) is 0 Å². The molecule has 1 saturated carbocycles. The van der Waals surface area contributed by atoms with Gasteiger partial charge in [-0.1, -0.05) is 5.92 Å². The molecule has 2 amide bonds. The zero-order valence-electron chi connectivity index (χ0n) is 11.7. The molecule has 3 rings (SSSR count). The lowest BCUT2D eigenvalue weighted by atomic mass is 10.3. The van der Waals surface area contributed by atoms with Crippen LogP contribution in [-0.4, -0.2) is 27.5 Å². The number of pyridine rings is 1. The molecule has 0 spiro atoms. The fourth-order valence-electron chi connectivity index (χ4n) is 1.75. The summed E-state index contributed by atoms with van der Waals surface area (Å²) in [6.07, 6.45) is 4.00. The highest BCUT2D eigenvalue weighted by Gasteiger charge is 2.17. The van der Waals surface area contributed by atoms with Gasteiger partial charge in [0.05, 0.1) is 6.20 Å². The maximum absolute atomic E-state index is 11.5. The molecule has 2 aromatic rings. The Morgan fingerprint density at radius 1 is 1.38 bits per heavy atom. The first-order valence-corrected chi connectivity index (χ1v) is 6.95. The van der Waals surface area contributed by atoms with Gasteiger partial charge in [0.2, 0.25) is 0 Å². The van der Waals surface area contributed by atoms with Gasteiger partial charge in [-0.3, -0.25) is 5.32 Å². The SMILES string of the molecule is CCNC(=O)Nc1ccc2ncc(C#CC3CC3)nc2n1. The van der Waals surface area contributed by atoms with Crippen LogP contribution in [0.25, 0.3) is 11.2 Å². The number of nitrogens with one attached hydrogen (secondary N) is 2. The lowest BCUT2D eigenvalue weighted by molar-refractivity contribution is 0.252. The summed E-state index contributed by atoms with van der Waals surface area (Å²) in [5.41, 5.74) is 1.76. The van der Waals surface area contributed by atoms with Crippen molar-refractivity contribution in [2.24, 2.45) is 5.92 Å². The molecular formula is C15H15N5O. The molecule has 0 saturated heterocycles. The first-order chi connectivity index (χ1) is 10.2. The fourth-order valence-corrected chi connectivity index (χ4v) is 1.75. The quantitative estimate of drug-likeness (QED) is 0.824. The second-order valence-electron chi connectivity index (χ2n) is 4.82. The molecule has 0 bridgehead atoms. The standard InChI is InChI=1S/C15H15N5O/c1-2-16-15(21)20-13-8-7-12-14(19-13)18-11(9-17-12)6-5-10-3-4-10/h7-10H,2-4H2,1H3,(H2,16,18,19,20,21). The third-order valence-electron chi connectivity index (χ3n) is 2.97.